The van der Waals surface area contributed by atoms with Gasteiger partial charge in [0.1, 0.15) is 18.0 Å². The van der Waals surface area contributed by atoms with Crippen LogP contribution in [0.4, 0.5) is 17.3 Å². The number of rotatable bonds is 5. The molecule has 1 aromatic heterocycles. The summed E-state index contributed by atoms with van der Waals surface area (Å²) in [5.74, 6) is 2.52. The minimum absolute atomic E-state index is 0.600. The van der Waals surface area contributed by atoms with Gasteiger partial charge in [-0.2, -0.15) is 0 Å². The van der Waals surface area contributed by atoms with Crippen molar-refractivity contribution in [2.75, 3.05) is 47.8 Å². The minimum Gasteiger partial charge on any atom is -0.370 e. The highest BCUT2D eigenvalue weighted by Gasteiger charge is 2.18. The van der Waals surface area contributed by atoms with Crippen LogP contribution >= 0.6 is 0 Å². The summed E-state index contributed by atoms with van der Waals surface area (Å²) >= 11 is 0. The number of aromatic nitrogens is 2. The molecule has 0 atom stereocenters. The lowest BCUT2D eigenvalue weighted by atomic mass is 10.2. The van der Waals surface area contributed by atoms with Crippen molar-refractivity contribution in [3.05, 3.63) is 42.7 Å². The zero-order chi connectivity index (χ0) is 16.1. The Morgan fingerprint density at radius 1 is 1.00 bits per heavy atom. The van der Waals surface area contributed by atoms with E-state index in [2.05, 4.69) is 75.3 Å². The molecule has 1 aromatic carbocycles. The second-order valence-corrected chi connectivity index (χ2v) is 6.35. The van der Waals surface area contributed by atoms with E-state index >= 15 is 0 Å². The normalized spacial score (nSPS) is 15.1. The Kier molecular flexibility index (Phi) is 4.95. The van der Waals surface area contributed by atoms with Crippen LogP contribution < -0.4 is 15.1 Å². The van der Waals surface area contributed by atoms with Crippen molar-refractivity contribution in [2.24, 2.45) is 5.92 Å². The third-order valence-corrected chi connectivity index (χ3v) is 4.07. The highest BCUT2D eigenvalue weighted by molar-refractivity contribution is 5.52. The molecule has 1 aliphatic rings. The zero-order valence-electron chi connectivity index (χ0n) is 13.9. The lowest BCUT2D eigenvalue weighted by molar-refractivity contribution is 0.646. The summed E-state index contributed by atoms with van der Waals surface area (Å²) in [5.41, 5.74) is 1.30. The van der Waals surface area contributed by atoms with E-state index < -0.39 is 0 Å². The van der Waals surface area contributed by atoms with Crippen molar-refractivity contribution in [3.8, 4) is 0 Å². The van der Waals surface area contributed by atoms with Gasteiger partial charge >= 0.3 is 0 Å². The number of piperazine rings is 1. The molecule has 23 heavy (non-hydrogen) atoms. The van der Waals surface area contributed by atoms with Crippen molar-refractivity contribution in [1.82, 2.24) is 9.97 Å². The molecule has 5 heteroatoms. The van der Waals surface area contributed by atoms with Gasteiger partial charge in [-0.3, -0.25) is 0 Å². The van der Waals surface area contributed by atoms with Gasteiger partial charge in [0.15, 0.2) is 0 Å². The Morgan fingerprint density at radius 3 is 2.39 bits per heavy atom. The maximum Gasteiger partial charge on any atom is 0.134 e. The monoisotopic (exact) mass is 311 g/mol. The molecule has 0 amide bonds. The highest BCUT2D eigenvalue weighted by Crippen LogP contribution is 2.20. The smallest absolute Gasteiger partial charge is 0.134 e. The van der Waals surface area contributed by atoms with Gasteiger partial charge in [0.05, 0.1) is 0 Å². The third-order valence-electron chi connectivity index (χ3n) is 4.07. The number of anilines is 3. The van der Waals surface area contributed by atoms with Crippen LogP contribution in [0.3, 0.4) is 0 Å². The fourth-order valence-corrected chi connectivity index (χ4v) is 2.76. The topological polar surface area (TPSA) is 44.3 Å². The quantitative estimate of drug-likeness (QED) is 0.920. The molecule has 0 saturated carbocycles. The number of benzene rings is 1. The largest absolute Gasteiger partial charge is 0.370 e. The van der Waals surface area contributed by atoms with E-state index in [0.717, 1.165) is 44.4 Å². The maximum atomic E-state index is 4.44. The van der Waals surface area contributed by atoms with Crippen molar-refractivity contribution >= 4 is 17.3 Å². The van der Waals surface area contributed by atoms with Crippen LogP contribution in [-0.4, -0.2) is 42.7 Å². The van der Waals surface area contributed by atoms with Crippen molar-refractivity contribution in [3.63, 3.8) is 0 Å². The first-order valence-corrected chi connectivity index (χ1v) is 8.33. The van der Waals surface area contributed by atoms with E-state index in [1.807, 2.05) is 0 Å². The Bertz CT molecular complexity index is 606. The van der Waals surface area contributed by atoms with E-state index in [9.17, 15) is 0 Å². The maximum absolute atomic E-state index is 4.44. The van der Waals surface area contributed by atoms with E-state index in [4.69, 9.17) is 0 Å². The van der Waals surface area contributed by atoms with Crippen LogP contribution in [0.15, 0.2) is 42.7 Å². The number of hydrogen-bond donors (Lipinski definition) is 1. The SMILES string of the molecule is CC(C)CNc1cc(N2CCN(c3ccccc3)CC2)ncn1. The van der Waals surface area contributed by atoms with Gasteiger partial charge in [0.25, 0.3) is 0 Å². The van der Waals surface area contributed by atoms with Crippen molar-refractivity contribution in [2.45, 2.75) is 13.8 Å². The van der Waals surface area contributed by atoms with Crippen LogP contribution in [-0.2, 0) is 0 Å². The summed E-state index contributed by atoms with van der Waals surface area (Å²) in [5, 5.41) is 3.37. The molecule has 0 spiro atoms. The van der Waals surface area contributed by atoms with E-state index in [0.29, 0.717) is 5.92 Å². The zero-order valence-corrected chi connectivity index (χ0v) is 13.9. The van der Waals surface area contributed by atoms with Gasteiger partial charge in [-0.15, -0.1) is 0 Å². The average Bonchev–Trinajstić information content (AvgIpc) is 2.61. The third kappa shape index (κ3) is 4.12. The van der Waals surface area contributed by atoms with Crippen molar-refractivity contribution in [1.29, 1.82) is 0 Å². The van der Waals surface area contributed by atoms with E-state index in [-0.39, 0.29) is 0 Å². The molecule has 0 aliphatic carbocycles. The average molecular weight is 311 g/mol. The fourth-order valence-electron chi connectivity index (χ4n) is 2.76. The van der Waals surface area contributed by atoms with E-state index in [1.54, 1.807) is 6.33 Å². The van der Waals surface area contributed by atoms with Gasteiger partial charge in [-0.05, 0) is 18.1 Å². The summed E-state index contributed by atoms with van der Waals surface area (Å²) < 4.78 is 0. The number of nitrogens with zero attached hydrogens (tertiary/aromatic N) is 4. The Balaban J connectivity index is 1.60. The lowest BCUT2D eigenvalue weighted by Gasteiger charge is -2.36. The van der Waals surface area contributed by atoms with E-state index in [1.165, 1.54) is 5.69 Å². The second kappa shape index (κ2) is 7.31. The van der Waals surface area contributed by atoms with Crippen LogP contribution in [0, 0.1) is 5.92 Å². The molecule has 1 saturated heterocycles. The summed E-state index contributed by atoms with van der Waals surface area (Å²) in [4.78, 5) is 13.5. The molecule has 2 heterocycles. The summed E-state index contributed by atoms with van der Waals surface area (Å²) in [6.07, 6.45) is 1.65. The molecule has 1 N–H and O–H groups in total. The molecule has 0 unspecified atom stereocenters. The van der Waals surface area contributed by atoms with Gasteiger partial charge in [0.2, 0.25) is 0 Å². The predicted octanol–water partition coefficient (Wildman–Crippen LogP) is 2.87. The van der Waals surface area contributed by atoms with Gasteiger partial charge in [-0.25, -0.2) is 9.97 Å². The van der Waals surface area contributed by atoms with Crippen LogP contribution in [0.25, 0.3) is 0 Å². The molecule has 3 rings (SSSR count). The molecule has 1 aliphatic heterocycles. The van der Waals surface area contributed by atoms with Crippen molar-refractivity contribution < 1.29 is 0 Å². The first-order chi connectivity index (χ1) is 11.2. The first-order valence-electron chi connectivity index (χ1n) is 8.33. The van der Waals surface area contributed by atoms with Gasteiger partial charge in [-0.1, -0.05) is 32.0 Å². The van der Waals surface area contributed by atoms with Crippen LogP contribution in [0.1, 0.15) is 13.8 Å². The Hall–Kier alpha value is -2.30. The van der Waals surface area contributed by atoms with Crippen LogP contribution in [0.5, 0.6) is 0 Å². The molecule has 0 bridgehead atoms. The summed E-state index contributed by atoms with van der Waals surface area (Å²) in [6, 6.07) is 12.7. The summed E-state index contributed by atoms with van der Waals surface area (Å²) in [7, 11) is 0. The fraction of sp³-hybridized carbons (Fsp3) is 0.444. The molecular formula is C18H25N5. The molecule has 0 radical (unpaired) electrons. The first kappa shape index (κ1) is 15.6. The second-order valence-electron chi connectivity index (χ2n) is 6.35. The number of para-hydroxylation sites is 1. The lowest BCUT2D eigenvalue weighted by Crippen LogP contribution is -2.46. The molecular weight excluding hydrogens is 286 g/mol. The molecule has 1 fully saturated rings. The summed E-state index contributed by atoms with van der Waals surface area (Å²) in [6.45, 7) is 9.31. The number of nitrogens with one attached hydrogen (secondary N) is 1. The van der Waals surface area contributed by atoms with Crippen LogP contribution in [0.2, 0.25) is 0 Å². The van der Waals surface area contributed by atoms with Gasteiger partial charge in [0, 0.05) is 44.5 Å². The Morgan fingerprint density at radius 2 is 1.70 bits per heavy atom. The van der Waals surface area contributed by atoms with Gasteiger partial charge < -0.3 is 15.1 Å². The highest BCUT2D eigenvalue weighted by atomic mass is 15.3. The molecule has 5 nitrogen and oxygen atoms in total. The number of hydrogen-bond acceptors (Lipinski definition) is 5. The Labute approximate surface area is 138 Å². The standard InChI is InChI=1S/C18H25N5/c1-15(2)13-19-17-12-18(21-14-20-17)23-10-8-22(9-11-23)16-6-4-3-5-7-16/h3-7,12,14-15H,8-11,13H2,1-2H3,(H,19,20,21). The molecule has 2 aromatic rings. The predicted molar refractivity (Wildman–Crippen MR) is 96.2 cm³/mol. The minimum atomic E-state index is 0.600. The molecule has 122 valence electrons.